The number of hydrogen-bond acceptors (Lipinski definition) is 1. The zero-order valence-corrected chi connectivity index (χ0v) is 4.43. The Morgan fingerprint density at radius 3 is 3.14 bits per heavy atom. The van der Waals surface area contributed by atoms with Gasteiger partial charge in [0, 0.05) is 19.1 Å². The molecular weight excluding hydrogens is 86.1 g/mol. The lowest BCUT2D eigenvalue weighted by atomic mass is 10.1. The van der Waals surface area contributed by atoms with Crippen LogP contribution in [0.3, 0.4) is 0 Å². The van der Waals surface area contributed by atoms with Crippen molar-refractivity contribution in [1.82, 2.24) is 4.90 Å². The summed E-state index contributed by atoms with van der Waals surface area (Å²) in [6.45, 7) is 3.70. The molecule has 2 saturated heterocycles. The maximum atomic E-state index is 2.43. The molecule has 0 saturated carbocycles. The molecule has 2 fully saturated rings. The van der Waals surface area contributed by atoms with Crippen LogP contribution in [-0.2, 0) is 0 Å². The molecule has 0 aromatic rings. The Morgan fingerprint density at radius 1 is 1.57 bits per heavy atom. The summed E-state index contributed by atoms with van der Waals surface area (Å²) in [7, 11) is 0. The highest BCUT2D eigenvalue weighted by Crippen LogP contribution is 2.30. The minimum absolute atomic E-state index is 0.980. The van der Waals surface area contributed by atoms with Gasteiger partial charge in [-0.1, -0.05) is 6.42 Å². The Balaban J connectivity index is 1.95. The first-order chi connectivity index (χ1) is 3.47. The van der Waals surface area contributed by atoms with Gasteiger partial charge in [0.2, 0.25) is 0 Å². The maximum Gasteiger partial charge on any atom is 0.0255 e. The first kappa shape index (κ1) is 3.90. The van der Waals surface area contributed by atoms with Crippen molar-refractivity contribution >= 4 is 0 Å². The zero-order chi connectivity index (χ0) is 4.69. The van der Waals surface area contributed by atoms with Crippen molar-refractivity contribution in [2.75, 3.05) is 6.54 Å². The second-order valence-corrected chi connectivity index (χ2v) is 2.46. The van der Waals surface area contributed by atoms with E-state index in [2.05, 4.69) is 11.4 Å². The maximum absolute atomic E-state index is 2.43. The van der Waals surface area contributed by atoms with Gasteiger partial charge in [0.15, 0.2) is 0 Å². The Bertz CT molecular complexity index is 70.2. The molecule has 0 aromatic carbocycles. The molecule has 0 bridgehead atoms. The van der Waals surface area contributed by atoms with Crippen molar-refractivity contribution in [2.24, 2.45) is 0 Å². The molecule has 2 unspecified atom stereocenters. The molecule has 0 amide bonds. The van der Waals surface area contributed by atoms with E-state index in [-0.39, 0.29) is 0 Å². The fraction of sp³-hybridized carbons (Fsp3) is 0.833. The van der Waals surface area contributed by atoms with Crippen LogP contribution in [0, 0.1) is 6.54 Å². The summed E-state index contributed by atoms with van der Waals surface area (Å²) in [6.07, 6.45) is 4.22. The minimum atomic E-state index is 0.980. The molecule has 1 heteroatoms. The summed E-state index contributed by atoms with van der Waals surface area (Å²) in [5, 5.41) is 0. The molecule has 0 aromatic heterocycles. The normalized spacial score (nSPS) is 48.0. The molecule has 1 radical (unpaired) electrons. The highest BCUT2D eigenvalue weighted by Gasteiger charge is 2.35. The largest absolute Gasteiger partial charge is 0.293 e. The van der Waals surface area contributed by atoms with E-state index in [4.69, 9.17) is 0 Å². The van der Waals surface area contributed by atoms with Gasteiger partial charge in [0.25, 0.3) is 0 Å². The standard InChI is InChI=1S/C6H10N/c1-2-4-7-5-6(7)3-1/h4,6H,1-3,5H2. The average molecular weight is 96.2 g/mol. The number of piperidine rings is 1. The van der Waals surface area contributed by atoms with Crippen LogP contribution in [0.25, 0.3) is 0 Å². The molecule has 0 spiro atoms. The number of nitrogens with zero attached hydrogens (tertiary/aromatic N) is 1. The van der Waals surface area contributed by atoms with E-state index >= 15 is 0 Å². The van der Waals surface area contributed by atoms with Crippen LogP contribution in [-0.4, -0.2) is 17.5 Å². The van der Waals surface area contributed by atoms with Crippen LogP contribution in [0.5, 0.6) is 0 Å². The molecule has 2 aliphatic heterocycles. The van der Waals surface area contributed by atoms with E-state index in [1.807, 2.05) is 0 Å². The van der Waals surface area contributed by atoms with Gasteiger partial charge in [-0.2, -0.15) is 0 Å². The molecule has 2 atom stereocenters. The molecule has 2 heterocycles. The van der Waals surface area contributed by atoms with Crippen LogP contribution in [0.15, 0.2) is 0 Å². The summed E-state index contributed by atoms with van der Waals surface area (Å²) < 4.78 is 0. The third kappa shape index (κ3) is 0.556. The van der Waals surface area contributed by atoms with Crippen molar-refractivity contribution < 1.29 is 0 Å². The van der Waals surface area contributed by atoms with E-state index in [9.17, 15) is 0 Å². The van der Waals surface area contributed by atoms with E-state index in [0.29, 0.717) is 0 Å². The summed E-state index contributed by atoms with van der Waals surface area (Å²) >= 11 is 0. The van der Waals surface area contributed by atoms with Gasteiger partial charge in [-0.15, -0.1) is 0 Å². The lowest BCUT2D eigenvalue weighted by Gasteiger charge is -2.07. The summed E-state index contributed by atoms with van der Waals surface area (Å²) in [5.74, 6) is 0. The first-order valence-corrected chi connectivity index (χ1v) is 3.06. The fourth-order valence-corrected chi connectivity index (χ4v) is 1.29. The van der Waals surface area contributed by atoms with Gasteiger partial charge in [0.1, 0.15) is 0 Å². The second kappa shape index (κ2) is 1.22. The van der Waals surface area contributed by atoms with Gasteiger partial charge in [0.05, 0.1) is 0 Å². The van der Waals surface area contributed by atoms with Crippen LogP contribution in [0.4, 0.5) is 0 Å². The van der Waals surface area contributed by atoms with Crippen LogP contribution in [0.2, 0.25) is 0 Å². The van der Waals surface area contributed by atoms with E-state index in [1.165, 1.54) is 25.8 Å². The third-order valence-electron chi connectivity index (χ3n) is 1.86. The molecular formula is C6H10N. The molecule has 7 heavy (non-hydrogen) atoms. The monoisotopic (exact) mass is 96.1 g/mol. The molecule has 0 N–H and O–H groups in total. The smallest absolute Gasteiger partial charge is 0.0255 e. The molecule has 0 aliphatic carbocycles. The average Bonchev–Trinajstić information content (AvgIpc) is 2.41. The van der Waals surface area contributed by atoms with Gasteiger partial charge >= 0.3 is 0 Å². The zero-order valence-electron chi connectivity index (χ0n) is 4.43. The minimum Gasteiger partial charge on any atom is -0.293 e. The highest BCUT2D eigenvalue weighted by molar-refractivity contribution is 4.97. The van der Waals surface area contributed by atoms with Crippen molar-refractivity contribution in [3.05, 3.63) is 6.54 Å². The second-order valence-electron chi connectivity index (χ2n) is 2.46. The molecule has 2 aliphatic rings. The third-order valence-corrected chi connectivity index (χ3v) is 1.86. The Kier molecular flexibility index (Phi) is 0.680. The molecule has 39 valence electrons. The summed E-state index contributed by atoms with van der Waals surface area (Å²) in [6, 6.07) is 0.980. The lowest BCUT2D eigenvalue weighted by molar-refractivity contribution is 0.478. The fourth-order valence-electron chi connectivity index (χ4n) is 1.29. The van der Waals surface area contributed by atoms with Crippen molar-refractivity contribution in [2.45, 2.75) is 25.3 Å². The topological polar surface area (TPSA) is 3.01 Å². The highest BCUT2D eigenvalue weighted by atomic mass is 15.3. The van der Waals surface area contributed by atoms with Gasteiger partial charge in [-0.25, -0.2) is 0 Å². The van der Waals surface area contributed by atoms with Crippen molar-refractivity contribution in [1.29, 1.82) is 0 Å². The first-order valence-electron chi connectivity index (χ1n) is 3.06. The van der Waals surface area contributed by atoms with E-state index < -0.39 is 0 Å². The molecule has 2 rings (SSSR count). The number of fused-ring (bicyclic) bond motifs is 1. The van der Waals surface area contributed by atoms with Crippen LogP contribution < -0.4 is 0 Å². The summed E-state index contributed by atoms with van der Waals surface area (Å²) in [4.78, 5) is 2.43. The number of hydrogen-bond donors (Lipinski definition) is 0. The van der Waals surface area contributed by atoms with E-state index in [1.54, 1.807) is 0 Å². The van der Waals surface area contributed by atoms with Crippen LogP contribution in [0.1, 0.15) is 19.3 Å². The van der Waals surface area contributed by atoms with Crippen LogP contribution >= 0.6 is 0 Å². The lowest BCUT2D eigenvalue weighted by Crippen LogP contribution is -2.03. The Labute approximate surface area is 44.3 Å². The molecule has 1 nitrogen and oxygen atoms in total. The predicted octanol–water partition coefficient (Wildman–Crippen LogP) is 1.02. The van der Waals surface area contributed by atoms with E-state index in [0.717, 1.165) is 6.04 Å². The summed E-state index contributed by atoms with van der Waals surface area (Å²) in [5.41, 5.74) is 0. The Hall–Kier alpha value is -0.0400. The van der Waals surface area contributed by atoms with Gasteiger partial charge in [-0.05, 0) is 12.8 Å². The predicted molar refractivity (Wildman–Crippen MR) is 28.6 cm³/mol. The SMILES string of the molecule is [CH]1CCCC2CN12. The van der Waals surface area contributed by atoms with Gasteiger partial charge in [-0.3, -0.25) is 4.90 Å². The van der Waals surface area contributed by atoms with Gasteiger partial charge < -0.3 is 0 Å². The van der Waals surface area contributed by atoms with Crippen molar-refractivity contribution in [3.8, 4) is 0 Å². The number of rotatable bonds is 0. The van der Waals surface area contributed by atoms with Crippen molar-refractivity contribution in [3.63, 3.8) is 0 Å². The Morgan fingerprint density at radius 2 is 2.57 bits per heavy atom. The quantitative estimate of drug-likeness (QED) is 0.407.